The van der Waals surface area contributed by atoms with Gasteiger partial charge >= 0.3 is 0 Å². The monoisotopic (exact) mass is 393 g/mol. The molecule has 0 aliphatic rings. The van der Waals surface area contributed by atoms with Gasteiger partial charge in [0.15, 0.2) is 0 Å². The van der Waals surface area contributed by atoms with Crippen LogP contribution in [0.1, 0.15) is 23.6 Å². The highest BCUT2D eigenvalue weighted by molar-refractivity contribution is 5.92. The lowest BCUT2D eigenvalue weighted by Crippen LogP contribution is -2.14. The summed E-state index contributed by atoms with van der Waals surface area (Å²) in [6.45, 7) is 2.30. The first-order valence-electron chi connectivity index (χ1n) is 10.6. The van der Waals surface area contributed by atoms with Crippen molar-refractivity contribution in [2.24, 2.45) is 5.92 Å². The first kappa shape index (κ1) is 19.9. The van der Waals surface area contributed by atoms with Gasteiger partial charge in [-0.25, -0.2) is 0 Å². The van der Waals surface area contributed by atoms with E-state index in [1.165, 1.54) is 21.9 Å². The zero-order valence-electron chi connectivity index (χ0n) is 17.3. The van der Waals surface area contributed by atoms with Crippen LogP contribution in [0, 0.1) is 5.92 Å². The molecule has 4 aromatic rings. The lowest BCUT2D eigenvalue weighted by molar-refractivity contribution is -0.115. The number of benzene rings is 4. The summed E-state index contributed by atoms with van der Waals surface area (Å²) in [7, 11) is 0. The minimum absolute atomic E-state index is 0.0126. The van der Waals surface area contributed by atoms with Gasteiger partial charge in [0.05, 0.1) is 6.42 Å². The van der Waals surface area contributed by atoms with Crippen LogP contribution in [0.4, 0.5) is 5.69 Å². The number of hydrogen-bond donors (Lipinski definition) is 1. The van der Waals surface area contributed by atoms with Gasteiger partial charge in [0.25, 0.3) is 0 Å². The normalized spacial score (nSPS) is 11.9. The van der Waals surface area contributed by atoms with Crippen molar-refractivity contribution >= 4 is 22.4 Å². The molecule has 0 saturated heterocycles. The van der Waals surface area contributed by atoms with Crippen molar-refractivity contribution < 1.29 is 4.79 Å². The second kappa shape index (κ2) is 9.41. The largest absolute Gasteiger partial charge is 0.326 e. The molecular weight excluding hydrogens is 366 g/mol. The van der Waals surface area contributed by atoms with Gasteiger partial charge in [-0.2, -0.15) is 0 Å². The number of rotatable bonds is 7. The predicted molar refractivity (Wildman–Crippen MR) is 126 cm³/mol. The number of fused-ring (bicyclic) bond motifs is 1. The van der Waals surface area contributed by atoms with E-state index in [0.29, 0.717) is 12.3 Å². The van der Waals surface area contributed by atoms with Gasteiger partial charge in [-0.1, -0.05) is 91.9 Å². The van der Waals surface area contributed by atoms with Crippen LogP contribution in [0.3, 0.4) is 0 Å². The molecule has 4 aromatic carbocycles. The Hall–Kier alpha value is -3.39. The highest BCUT2D eigenvalue weighted by atomic mass is 16.1. The van der Waals surface area contributed by atoms with E-state index in [2.05, 4.69) is 66.8 Å². The average molecular weight is 394 g/mol. The van der Waals surface area contributed by atoms with Crippen LogP contribution in [0.25, 0.3) is 10.8 Å². The van der Waals surface area contributed by atoms with Crippen LogP contribution in [0.15, 0.2) is 97.1 Å². The molecule has 0 bridgehead atoms. The molecule has 1 N–H and O–H groups in total. The zero-order valence-corrected chi connectivity index (χ0v) is 17.3. The second-order valence-electron chi connectivity index (χ2n) is 8.10. The van der Waals surface area contributed by atoms with Crippen molar-refractivity contribution in [3.8, 4) is 0 Å². The summed E-state index contributed by atoms with van der Waals surface area (Å²) < 4.78 is 0. The molecule has 0 aliphatic carbocycles. The Labute approximate surface area is 178 Å². The average Bonchev–Trinajstić information content (AvgIpc) is 2.75. The summed E-state index contributed by atoms with van der Waals surface area (Å²) in [6.07, 6.45) is 2.47. The fraction of sp³-hybridized carbons (Fsp3) is 0.179. The Morgan fingerprint density at radius 1 is 0.700 bits per heavy atom. The second-order valence-corrected chi connectivity index (χ2v) is 8.10. The number of hydrogen-bond acceptors (Lipinski definition) is 1. The van der Waals surface area contributed by atoms with Crippen LogP contribution in [0.5, 0.6) is 0 Å². The predicted octanol–water partition coefficient (Wildman–Crippen LogP) is 6.44. The third kappa shape index (κ3) is 5.36. The number of anilines is 1. The van der Waals surface area contributed by atoms with Gasteiger partial charge in [-0.15, -0.1) is 0 Å². The van der Waals surface area contributed by atoms with Crippen molar-refractivity contribution in [3.05, 3.63) is 114 Å². The summed E-state index contributed by atoms with van der Waals surface area (Å²) in [4.78, 5) is 12.2. The van der Waals surface area contributed by atoms with Gasteiger partial charge in [-0.3, -0.25) is 4.79 Å². The molecule has 1 amide bonds. The lowest BCUT2D eigenvalue weighted by atomic mass is 9.93. The van der Waals surface area contributed by atoms with Crippen molar-refractivity contribution in [1.29, 1.82) is 0 Å². The van der Waals surface area contributed by atoms with Crippen LogP contribution in [0.2, 0.25) is 0 Å². The lowest BCUT2D eigenvalue weighted by Gasteiger charge is -2.13. The van der Waals surface area contributed by atoms with E-state index in [-0.39, 0.29) is 5.91 Å². The minimum atomic E-state index is 0.0126. The topological polar surface area (TPSA) is 29.1 Å². The van der Waals surface area contributed by atoms with E-state index >= 15 is 0 Å². The molecule has 30 heavy (non-hydrogen) atoms. The van der Waals surface area contributed by atoms with E-state index in [4.69, 9.17) is 0 Å². The molecule has 0 fully saturated rings. The minimum Gasteiger partial charge on any atom is -0.326 e. The zero-order chi connectivity index (χ0) is 20.8. The van der Waals surface area contributed by atoms with Gasteiger partial charge < -0.3 is 5.32 Å². The fourth-order valence-electron chi connectivity index (χ4n) is 3.95. The summed E-state index contributed by atoms with van der Waals surface area (Å²) in [5.41, 5.74) is 4.55. The highest BCUT2D eigenvalue weighted by Gasteiger charge is 2.08. The Morgan fingerprint density at radius 3 is 2.10 bits per heavy atom. The molecule has 0 spiro atoms. The SMILES string of the molecule is C[C@H](Cc1ccc(NC(=O)Cc2ccccc2)cc1)Cc1ccc2ccccc2c1. The molecule has 0 aromatic heterocycles. The van der Waals surface area contributed by atoms with Crippen molar-refractivity contribution in [1.82, 2.24) is 0 Å². The molecule has 2 heteroatoms. The summed E-state index contributed by atoms with van der Waals surface area (Å²) in [6, 6.07) is 33.3. The Morgan fingerprint density at radius 2 is 1.33 bits per heavy atom. The standard InChI is InChI=1S/C28H27NO/c1-21(18-24-11-14-25-9-5-6-10-26(25)19-24)17-23-12-15-27(16-13-23)29-28(30)20-22-7-3-2-4-8-22/h2-16,19,21H,17-18,20H2,1H3,(H,29,30)/t21-/m1/s1. The molecule has 4 rings (SSSR count). The van der Waals surface area contributed by atoms with Gasteiger partial charge in [0.1, 0.15) is 0 Å². The molecule has 1 atom stereocenters. The van der Waals surface area contributed by atoms with E-state index in [1.807, 2.05) is 42.5 Å². The first-order valence-corrected chi connectivity index (χ1v) is 10.6. The van der Waals surface area contributed by atoms with E-state index < -0.39 is 0 Å². The van der Waals surface area contributed by atoms with Gasteiger partial charge in [0.2, 0.25) is 5.91 Å². The molecule has 0 unspecified atom stereocenters. The van der Waals surface area contributed by atoms with Crippen LogP contribution in [-0.2, 0) is 24.1 Å². The first-order chi connectivity index (χ1) is 14.7. The Kier molecular flexibility index (Phi) is 6.24. The number of nitrogens with one attached hydrogen (secondary N) is 1. The van der Waals surface area contributed by atoms with Crippen LogP contribution < -0.4 is 5.32 Å². The fourth-order valence-corrected chi connectivity index (χ4v) is 3.95. The van der Waals surface area contributed by atoms with Crippen molar-refractivity contribution in [2.75, 3.05) is 5.32 Å². The Bertz CT molecular complexity index is 1120. The maximum absolute atomic E-state index is 12.2. The van der Waals surface area contributed by atoms with E-state index in [1.54, 1.807) is 0 Å². The Balaban J connectivity index is 1.31. The quantitative estimate of drug-likeness (QED) is 0.384. The van der Waals surface area contributed by atoms with Crippen LogP contribution >= 0.6 is 0 Å². The van der Waals surface area contributed by atoms with Crippen molar-refractivity contribution in [2.45, 2.75) is 26.2 Å². The van der Waals surface area contributed by atoms with E-state index in [9.17, 15) is 4.79 Å². The molecule has 0 aliphatic heterocycles. The third-order valence-corrected chi connectivity index (χ3v) is 5.43. The highest BCUT2D eigenvalue weighted by Crippen LogP contribution is 2.20. The maximum atomic E-state index is 12.2. The summed E-state index contributed by atoms with van der Waals surface area (Å²) in [5.74, 6) is 0.559. The number of amides is 1. The smallest absolute Gasteiger partial charge is 0.228 e. The summed E-state index contributed by atoms with van der Waals surface area (Å²) >= 11 is 0. The summed E-state index contributed by atoms with van der Waals surface area (Å²) in [5, 5.41) is 5.58. The molecule has 0 radical (unpaired) electrons. The van der Waals surface area contributed by atoms with Crippen molar-refractivity contribution in [3.63, 3.8) is 0 Å². The van der Waals surface area contributed by atoms with E-state index in [0.717, 1.165) is 24.1 Å². The number of carbonyl (C=O) groups excluding carboxylic acids is 1. The maximum Gasteiger partial charge on any atom is 0.228 e. The molecule has 150 valence electrons. The van der Waals surface area contributed by atoms with Gasteiger partial charge in [-0.05, 0) is 58.4 Å². The van der Waals surface area contributed by atoms with Crippen LogP contribution in [-0.4, -0.2) is 5.91 Å². The third-order valence-electron chi connectivity index (χ3n) is 5.43. The number of carbonyl (C=O) groups is 1. The molecule has 2 nitrogen and oxygen atoms in total. The molecular formula is C28H27NO. The molecule has 0 heterocycles. The van der Waals surface area contributed by atoms with Gasteiger partial charge in [0, 0.05) is 5.69 Å². The molecule has 0 saturated carbocycles.